The molecule has 0 aliphatic carbocycles. The van der Waals surface area contributed by atoms with Gasteiger partial charge in [0.15, 0.2) is 28.2 Å². The van der Waals surface area contributed by atoms with Crippen LogP contribution in [0.4, 0.5) is 0 Å². The van der Waals surface area contributed by atoms with Crippen molar-refractivity contribution in [2.45, 2.75) is 114 Å². The number of ketones is 1. The molecule has 0 radical (unpaired) electrons. The lowest BCUT2D eigenvalue weighted by molar-refractivity contribution is -0.250. The molecule has 42 heavy (non-hydrogen) atoms. The van der Waals surface area contributed by atoms with Gasteiger partial charge in [-0.25, -0.2) is 8.42 Å². The maximum absolute atomic E-state index is 12.0. The number of carbonyl (C=O) groups excluding carboxylic acids is 1. The smallest absolute Gasteiger partial charge is 0.188 e. The molecule has 2 saturated heterocycles. The van der Waals surface area contributed by atoms with Crippen LogP contribution < -0.4 is 0 Å². The Morgan fingerprint density at radius 3 is 2.21 bits per heavy atom. The number of ether oxygens (including phenoxy) is 4. The van der Waals surface area contributed by atoms with Crippen molar-refractivity contribution in [1.82, 2.24) is 0 Å². The average molecular weight is 607 g/mol. The Balaban J connectivity index is 1.33. The van der Waals surface area contributed by atoms with E-state index >= 15 is 0 Å². The second-order valence-corrected chi connectivity index (χ2v) is 13.4. The van der Waals surface area contributed by atoms with E-state index in [9.17, 15) is 28.5 Å². The Hall–Kier alpha value is -2.54. The molecule has 3 N–H and O–H groups in total. The molecule has 2 aliphatic heterocycles. The second-order valence-electron chi connectivity index (χ2n) is 11.4. The lowest BCUT2D eigenvalue weighted by atomic mass is 9.97. The molecule has 232 valence electrons. The number of aliphatic hydroxyl groups excluding tert-OH is 1. The molecule has 10 nitrogen and oxygen atoms in total. The van der Waals surface area contributed by atoms with E-state index in [-0.39, 0.29) is 52.2 Å². The summed E-state index contributed by atoms with van der Waals surface area (Å²) in [5.41, 5.74) is 1.14. The Morgan fingerprint density at radius 1 is 0.929 bits per heavy atom. The Labute approximate surface area is 247 Å². The average Bonchev–Trinajstić information content (AvgIpc) is 2.92. The van der Waals surface area contributed by atoms with E-state index in [0.29, 0.717) is 49.7 Å². The number of sulfone groups is 1. The predicted molar refractivity (Wildman–Crippen MR) is 154 cm³/mol. The van der Waals surface area contributed by atoms with Crippen molar-refractivity contribution in [3.63, 3.8) is 0 Å². The molecular weight excluding hydrogens is 564 g/mol. The van der Waals surface area contributed by atoms with Gasteiger partial charge in [0.25, 0.3) is 0 Å². The fourth-order valence-electron chi connectivity index (χ4n) is 5.50. The van der Waals surface area contributed by atoms with Gasteiger partial charge in [-0.2, -0.15) is 0 Å². The summed E-state index contributed by atoms with van der Waals surface area (Å²) in [7, 11) is -3.48. The summed E-state index contributed by atoms with van der Waals surface area (Å²) >= 11 is 0. The highest BCUT2D eigenvalue weighted by Gasteiger charge is 2.34. The van der Waals surface area contributed by atoms with Gasteiger partial charge in [-0.1, -0.05) is 6.92 Å². The summed E-state index contributed by atoms with van der Waals surface area (Å²) in [6, 6.07) is 8.67. The zero-order valence-corrected chi connectivity index (χ0v) is 25.4. The van der Waals surface area contributed by atoms with Crippen LogP contribution in [0.2, 0.25) is 0 Å². The molecule has 11 heteroatoms. The number of rotatable bonds is 11. The van der Waals surface area contributed by atoms with Gasteiger partial charge in [-0.05, 0) is 88.8 Å². The van der Waals surface area contributed by atoms with Crippen molar-refractivity contribution >= 4 is 15.6 Å². The van der Waals surface area contributed by atoms with E-state index in [0.717, 1.165) is 12.7 Å². The highest BCUT2D eigenvalue weighted by molar-refractivity contribution is 7.90. The number of phenols is 2. The van der Waals surface area contributed by atoms with Crippen LogP contribution in [0.3, 0.4) is 0 Å². The zero-order valence-electron chi connectivity index (χ0n) is 24.6. The third-order valence-corrected chi connectivity index (χ3v) is 8.96. The van der Waals surface area contributed by atoms with Crippen LogP contribution in [0, 0.1) is 0 Å². The number of phenolic OH excluding ortho intramolecular Hbond substituents is 2. The summed E-state index contributed by atoms with van der Waals surface area (Å²) in [6.45, 7) is 5.37. The van der Waals surface area contributed by atoms with Gasteiger partial charge in [-0.3, -0.25) is 4.79 Å². The van der Waals surface area contributed by atoms with Crippen molar-refractivity contribution in [2.75, 3.05) is 6.26 Å². The monoisotopic (exact) mass is 606 g/mol. The van der Waals surface area contributed by atoms with Crippen LogP contribution in [0.15, 0.2) is 41.3 Å². The summed E-state index contributed by atoms with van der Waals surface area (Å²) in [5.74, 6) is -0.225. The van der Waals surface area contributed by atoms with Crippen molar-refractivity contribution in [3.05, 3.63) is 53.1 Å². The minimum Gasteiger partial charge on any atom is -0.507 e. The van der Waals surface area contributed by atoms with Gasteiger partial charge in [0, 0.05) is 18.2 Å². The third-order valence-electron chi connectivity index (χ3n) is 7.85. The number of hydrogen-bond acceptors (Lipinski definition) is 10. The van der Waals surface area contributed by atoms with Crippen LogP contribution in [-0.2, 0) is 28.8 Å². The molecule has 0 aromatic heterocycles. The largest absolute Gasteiger partial charge is 0.507 e. The summed E-state index contributed by atoms with van der Waals surface area (Å²) in [6.07, 6.45) is 2.18. The summed E-state index contributed by atoms with van der Waals surface area (Å²) in [4.78, 5) is 11.9. The minimum atomic E-state index is -3.48. The first-order chi connectivity index (χ1) is 19.8. The van der Waals surface area contributed by atoms with E-state index in [1.54, 1.807) is 12.1 Å². The normalized spacial score (nSPS) is 27.5. The van der Waals surface area contributed by atoms with Crippen molar-refractivity contribution in [2.24, 2.45) is 0 Å². The van der Waals surface area contributed by atoms with Gasteiger partial charge < -0.3 is 34.3 Å². The Kier molecular flexibility index (Phi) is 10.7. The molecule has 0 amide bonds. The number of aromatic hydroxyl groups is 2. The lowest BCUT2D eigenvalue weighted by Crippen LogP contribution is -2.35. The van der Waals surface area contributed by atoms with Gasteiger partial charge in [0.1, 0.15) is 11.5 Å². The molecular formula is C31H42O10S. The van der Waals surface area contributed by atoms with E-state index in [1.165, 1.54) is 31.2 Å². The molecule has 2 heterocycles. The topological polar surface area (TPSA) is 149 Å². The first kappa shape index (κ1) is 32.4. The Bertz CT molecular complexity index is 1340. The molecule has 2 fully saturated rings. The van der Waals surface area contributed by atoms with Crippen LogP contribution in [0.5, 0.6) is 11.5 Å². The fourth-order valence-corrected chi connectivity index (χ4v) is 6.15. The third kappa shape index (κ3) is 8.30. The molecule has 6 unspecified atom stereocenters. The molecule has 2 aliphatic rings. The molecule has 0 spiro atoms. The van der Waals surface area contributed by atoms with Crippen molar-refractivity contribution in [1.29, 1.82) is 0 Å². The highest BCUT2D eigenvalue weighted by Crippen LogP contribution is 2.39. The van der Waals surface area contributed by atoms with Crippen LogP contribution in [0.1, 0.15) is 99.8 Å². The van der Waals surface area contributed by atoms with E-state index in [4.69, 9.17) is 18.9 Å². The van der Waals surface area contributed by atoms with Gasteiger partial charge in [0.05, 0.1) is 46.5 Å². The maximum atomic E-state index is 12.0. The molecule has 0 bridgehead atoms. The first-order valence-electron chi connectivity index (χ1n) is 14.5. The number of hydrogen-bond donors (Lipinski definition) is 3. The number of Topliss-reactive ketones (excluding diaryl/α,β-unsaturated/α-hetero) is 1. The molecule has 0 saturated carbocycles. The first-order valence-corrected chi connectivity index (χ1v) is 16.4. The Morgan fingerprint density at radius 2 is 1.55 bits per heavy atom. The fraction of sp³-hybridized carbons (Fsp3) is 0.581. The summed E-state index contributed by atoms with van der Waals surface area (Å²) < 4.78 is 48.2. The van der Waals surface area contributed by atoms with E-state index in [2.05, 4.69) is 0 Å². The van der Waals surface area contributed by atoms with Gasteiger partial charge >= 0.3 is 0 Å². The second kappa shape index (κ2) is 13.8. The van der Waals surface area contributed by atoms with Gasteiger partial charge in [-0.15, -0.1) is 0 Å². The maximum Gasteiger partial charge on any atom is 0.188 e. The van der Waals surface area contributed by atoms with Crippen molar-refractivity contribution < 1.29 is 47.5 Å². The molecule has 2 aromatic carbocycles. The number of carbonyl (C=O) groups is 1. The van der Waals surface area contributed by atoms with Gasteiger partial charge in [0.2, 0.25) is 0 Å². The zero-order chi connectivity index (χ0) is 30.6. The highest BCUT2D eigenvalue weighted by atomic mass is 32.2. The van der Waals surface area contributed by atoms with E-state index < -0.39 is 28.5 Å². The number of aliphatic hydroxyl groups is 1. The SMILES string of the molecule is CCC1CC(CCCC(O)CC2C[C@H](C)OC(c3cc(S(C)(=O)=O)ccc3O)O2)OC(c2cc(C(C)=O)ccc2O)O1. The van der Waals surface area contributed by atoms with E-state index in [1.807, 2.05) is 13.8 Å². The molecule has 2 aromatic rings. The van der Waals surface area contributed by atoms with Crippen molar-refractivity contribution in [3.8, 4) is 11.5 Å². The van der Waals surface area contributed by atoms with Crippen LogP contribution >= 0.6 is 0 Å². The van der Waals surface area contributed by atoms with Crippen LogP contribution in [-0.4, -0.2) is 66.3 Å². The molecule has 7 atom stereocenters. The number of benzene rings is 2. The van der Waals surface area contributed by atoms with Crippen LogP contribution in [0.25, 0.3) is 0 Å². The predicted octanol–water partition coefficient (Wildman–Crippen LogP) is 5.10. The molecule has 4 rings (SSSR count). The minimum absolute atomic E-state index is 0.0104. The quantitative estimate of drug-likeness (QED) is 0.295. The standard InChI is InChI=1S/C31H42O10S/c1-5-22-16-23(40-31(39-22)26-14-20(19(3)32)9-11-28(26)34)8-6-7-21(33)15-24-13-18(2)38-30(41-24)27-17-25(42(4,36)37)10-12-29(27)35/h9-12,14,17-18,21-24,30-31,33-35H,5-8,13,15-16H2,1-4H3/t18-,21?,22?,23?,24?,30?,31?/m0/s1. The lowest BCUT2D eigenvalue weighted by Gasteiger charge is -2.36. The summed E-state index contributed by atoms with van der Waals surface area (Å²) in [5, 5.41) is 31.6.